The molecule has 2 aliphatic rings. The van der Waals surface area contributed by atoms with Crippen LogP contribution in [0, 0.1) is 5.92 Å². The molecule has 0 bridgehead atoms. The molecule has 1 aliphatic carbocycles. The molecule has 2 heteroatoms. The summed E-state index contributed by atoms with van der Waals surface area (Å²) in [7, 11) is 0. The molecule has 3 unspecified atom stereocenters. The highest BCUT2D eigenvalue weighted by Crippen LogP contribution is 2.31. The van der Waals surface area contributed by atoms with E-state index in [2.05, 4.69) is 12.2 Å². The average molecular weight is 190 g/mol. The Morgan fingerprint density at radius 3 is 2.58 bits per heavy atom. The number of halogens is 1. The van der Waals surface area contributed by atoms with Crippen molar-refractivity contribution in [3.8, 4) is 0 Å². The van der Waals surface area contributed by atoms with Gasteiger partial charge in [-0.25, -0.2) is 0 Å². The zero-order chi connectivity index (χ0) is 7.68. The van der Waals surface area contributed by atoms with E-state index < -0.39 is 0 Å². The van der Waals surface area contributed by atoms with Crippen molar-refractivity contribution < 1.29 is 0 Å². The Hall–Kier alpha value is 0.250. The fourth-order valence-electron chi connectivity index (χ4n) is 2.69. The zero-order valence-corrected chi connectivity index (χ0v) is 8.70. The molecule has 1 saturated heterocycles. The van der Waals surface area contributed by atoms with E-state index in [1.165, 1.54) is 38.5 Å². The summed E-state index contributed by atoms with van der Waals surface area (Å²) in [5.41, 5.74) is 0. The van der Waals surface area contributed by atoms with Gasteiger partial charge in [-0.15, -0.1) is 12.4 Å². The van der Waals surface area contributed by atoms with Crippen LogP contribution in [0.5, 0.6) is 0 Å². The van der Waals surface area contributed by atoms with Crippen LogP contribution in [0.1, 0.15) is 45.4 Å². The number of hydrogen-bond acceptors (Lipinski definition) is 1. The maximum atomic E-state index is 3.72. The van der Waals surface area contributed by atoms with Gasteiger partial charge in [-0.2, -0.15) is 0 Å². The lowest BCUT2D eigenvalue weighted by atomic mass is 9.78. The molecular weight excluding hydrogens is 170 g/mol. The van der Waals surface area contributed by atoms with Crippen LogP contribution in [0.15, 0.2) is 0 Å². The van der Waals surface area contributed by atoms with E-state index >= 15 is 0 Å². The Bertz CT molecular complexity index is 138. The van der Waals surface area contributed by atoms with Gasteiger partial charge in [0.2, 0.25) is 0 Å². The number of rotatable bonds is 0. The molecule has 2 fully saturated rings. The first-order valence-electron chi connectivity index (χ1n) is 5.12. The van der Waals surface area contributed by atoms with Gasteiger partial charge in [-0.05, 0) is 38.5 Å². The Morgan fingerprint density at radius 1 is 1.00 bits per heavy atom. The topological polar surface area (TPSA) is 12.0 Å². The maximum Gasteiger partial charge on any atom is 0.00978 e. The van der Waals surface area contributed by atoms with Crippen molar-refractivity contribution >= 4 is 12.4 Å². The zero-order valence-electron chi connectivity index (χ0n) is 7.88. The first-order valence-corrected chi connectivity index (χ1v) is 5.12. The highest BCUT2D eigenvalue weighted by Gasteiger charge is 2.29. The van der Waals surface area contributed by atoms with Crippen molar-refractivity contribution in [3.05, 3.63) is 0 Å². The summed E-state index contributed by atoms with van der Waals surface area (Å²) in [6, 6.07) is 1.67. The van der Waals surface area contributed by atoms with Gasteiger partial charge >= 0.3 is 0 Å². The minimum atomic E-state index is 0. The van der Waals surface area contributed by atoms with Gasteiger partial charge in [0.15, 0.2) is 0 Å². The van der Waals surface area contributed by atoms with Gasteiger partial charge < -0.3 is 5.32 Å². The lowest BCUT2D eigenvalue weighted by Gasteiger charge is -2.39. The monoisotopic (exact) mass is 189 g/mol. The minimum Gasteiger partial charge on any atom is -0.311 e. The summed E-state index contributed by atoms with van der Waals surface area (Å²) in [4.78, 5) is 0. The molecule has 3 atom stereocenters. The van der Waals surface area contributed by atoms with Gasteiger partial charge in [0.1, 0.15) is 0 Å². The highest BCUT2D eigenvalue weighted by atomic mass is 35.5. The molecule has 1 N–H and O–H groups in total. The van der Waals surface area contributed by atoms with E-state index in [1.54, 1.807) is 0 Å². The quantitative estimate of drug-likeness (QED) is 0.618. The van der Waals surface area contributed by atoms with Crippen molar-refractivity contribution in [2.45, 2.75) is 57.5 Å². The predicted octanol–water partition coefficient (Wildman–Crippen LogP) is 2.74. The second-order valence-corrected chi connectivity index (χ2v) is 4.30. The summed E-state index contributed by atoms with van der Waals surface area (Å²) in [5, 5.41) is 3.72. The molecule has 0 radical (unpaired) electrons. The molecule has 2 rings (SSSR count). The third kappa shape index (κ3) is 2.14. The van der Waals surface area contributed by atoms with Crippen molar-refractivity contribution in [1.82, 2.24) is 5.32 Å². The Kier molecular flexibility index (Phi) is 3.85. The molecule has 12 heavy (non-hydrogen) atoms. The van der Waals surface area contributed by atoms with Crippen LogP contribution in [0.3, 0.4) is 0 Å². The Morgan fingerprint density at radius 2 is 1.75 bits per heavy atom. The molecular formula is C10H20ClN. The predicted molar refractivity (Wildman–Crippen MR) is 54.8 cm³/mol. The number of hydrogen-bond donors (Lipinski definition) is 1. The van der Waals surface area contributed by atoms with Crippen molar-refractivity contribution in [2.75, 3.05) is 0 Å². The van der Waals surface area contributed by atoms with Gasteiger partial charge in [0, 0.05) is 12.1 Å². The van der Waals surface area contributed by atoms with E-state index in [1.807, 2.05) is 0 Å². The van der Waals surface area contributed by atoms with Crippen molar-refractivity contribution in [3.63, 3.8) is 0 Å². The summed E-state index contributed by atoms with van der Waals surface area (Å²) in [5.74, 6) is 1.03. The Labute approximate surface area is 81.7 Å². The SMILES string of the molecule is CC1CCC2CCCCC2N1.Cl. The van der Waals surface area contributed by atoms with Crippen LogP contribution in [-0.2, 0) is 0 Å². The van der Waals surface area contributed by atoms with E-state index in [0.717, 1.165) is 18.0 Å². The standard InChI is InChI=1S/C10H19N.ClH/c1-8-6-7-9-4-2-3-5-10(9)11-8;/h8-11H,2-7H2,1H3;1H. The number of piperidine rings is 1. The second kappa shape index (κ2) is 4.48. The molecule has 0 amide bonds. The van der Waals surface area contributed by atoms with Crippen LogP contribution in [-0.4, -0.2) is 12.1 Å². The van der Waals surface area contributed by atoms with Crippen LogP contribution in [0.4, 0.5) is 0 Å². The first kappa shape index (κ1) is 10.3. The van der Waals surface area contributed by atoms with Crippen LogP contribution < -0.4 is 5.32 Å². The van der Waals surface area contributed by atoms with Gasteiger partial charge in [0.25, 0.3) is 0 Å². The number of fused-ring (bicyclic) bond motifs is 1. The van der Waals surface area contributed by atoms with Crippen molar-refractivity contribution in [1.29, 1.82) is 0 Å². The van der Waals surface area contributed by atoms with Crippen LogP contribution in [0.25, 0.3) is 0 Å². The molecule has 0 spiro atoms. The summed E-state index contributed by atoms with van der Waals surface area (Å²) < 4.78 is 0. The van der Waals surface area contributed by atoms with E-state index in [9.17, 15) is 0 Å². The van der Waals surface area contributed by atoms with E-state index in [-0.39, 0.29) is 12.4 Å². The molecule has 1 aliphatic heterocycles. The summed E-state index contributed by atoms with van der Waals surface area (Å²) in [6.07, 6.45) is 8.76. The molecule has 1 saturated carbocycles. The third-order valence-corrected chi connectivity index (χ3v) is 3.38. The minimum absolute atomic E-state index is 0. The summed E-state index contributed by atoms with van der Waals surface area (Å²) in [6.45, 7) is 2.32. The molecule has 72 valence electrons. The third-order valence-electron chi connectivity index (χ3n) is 3.38. The summed E-state index contributed by atoms with van der Waals surface area (Å²) >= 11 is 0. The van der Waals surface area contributed by atoms with Crippen molar-refractivity contribution in [2.24, 2.45) is 5.92 Å². The van der Waals surface area contributed by atoms with E-state index in [4.69, 9.17) is 0 Å². The Balaban J connectivity index is 0.000000720. The largest absolute Gasteiger partial charge is 0.311 e. The van der Waals surface area contributed by atoms with E-state index in [0.29, 0.717) is 0 Å². The molecule has 1 heterocycles. The molecule has 0 aromatic heterocycles. The number of nitrogens with one attached hydrogen (secondary N) is 1. The highest BCUT2D eigenvalue weighted by molar-refractivity contribution is 5.85. The maximum absolute atomic E-state index is 3.72. The van der Waals surface area contributed by atoms with Crippen LogP contribution in [0.2, 0.25) is 0 Å². The fourth-order valence-corrected chi connectivity index (χ4v) is 2.69. The molecule has 0 aromatic carbocycles. The average Bonchev–Trinajstić information content (AvgIpc) is 2.04. The van der Waals surface area contributed by atoms with Gasteiger partial charge in [-0.3, -0.25) is 0 Å². The molecule has 1 nitrogen and oxygen atoms in total. The van der Waals surface area contributed by atoms with Gasteiger partial charge in [-0.1, -0.05) is 12.8 Å². The molecule has 0 aromatic rings. The second-order valence-electron chi connectivity index (χ2n) is 4.30. The normalized spacial score (nSPS) is 41.2. The lowest BCUT2D eigenvalue weighted by molar-refractivity contribution is 0.182. The van der Waals surface area contributed by atoms with Gasteiger partial charge in [0.05, 0.1) is 0 Å². The fraction of sp³-hybridized carbons (Fsp3) is 1.00. The van der Waals surface area contributed by atoms with Crippen LogP contribution >= 0.6 is 12.4 Å². The first-order chi connectivity index (χ1) is 5.36. The smallest absolute Gasteiger partial charge is 0.00978 e. The lowest BCUT2D eigenvalue weighted by Crippen LogP contribution is -2.47.